The number of rotatable bonds is 10. The Hall–Kier alpha value is -3.34. The van der Waals surface area contributed by atoms with Gasteiger partial charge in [-0.05, 0) is 60.5 Å². The van der Waals surface area contributed by atoms with Crippen molar-refractivity contribution in [3.8, 4) is 0 Å². The summed E-state index contributed by atoms with van der Waals surface area (Å²) in [6, 6.07) is 4.90. The van der Waals surface area contributed by atoms with Gasteiger partial charge in [0, 0.05) is 66.9 Å². The number of anilines is 1. The summed E-state index contributed by atoms with van der Waals surface area (Å²) in [6.07, 6.45) is 0. The van der Waals surface area contributed by atoms with Crippen LogP contribution < -0.4 is 5.32 Å². The fourth-order valence-electron chi connectivity index (χ4n) is 4.63. The van der Waals surface area contributed by atoms with Crippen LogP contribution in [-0.2, 0) is 0 Å². The van der Waals surface area contributed by atoms with Crippen LogP contribution in [0.25, 0.3) is 10.8 Å². The lowest BCUT2D eigenvalue weighted by Gasteiger charge is -2.34. The van der Waals surface area contributed by atoms with E-state index in [4.69, 9.17) is 0 Å². The molecule has 0 unspecified atom stereocenters. The second-order valence-electron chi connectivity index (χ2n) is 10.1. The monoisotopic (exact) mass is 494 g/mol. The lowest BCUT2D eigenvalue weighted by molar-refractivity contribution is 0.0580. The van der Waals surface area contributed by atoms with Crippen molar-refractivity contribution in [3.05, 3.63) is 40.5 Å². The Bertz CT molecular complexity index is 1250. The van der Waals surface area contributed by atoms with Crippen LogP contribution >= 0.6 is 0 Å². The van der Waals surface area contributed by atoms with E-state index < -0.39 is 23.6 Å². The van der Waals surface area contributed by atoms with Crippen molar-refractivity contribution in [1.29, 1.82) is 0 Å². The Morgan fingerprint density at radius 3 is 1.64 bits per heavy atom. The third-order valence-electron chi connectivity index (χ3n) is 6.58. The smallest absolute Gasteiger partial charge is 0.263 e. The Balaban J connectivity index is 1.91. The van der Waals surface area contributed by atoms with E-state index in [1.165, 1.54) is 9.80 Å². The molecule has 10 heteroatoms. The van der Waals surface area contributed by atoms with Crippen molar-refractivity contribution in [2.45, 2.75) is 0 Å². The molecule has 2 aliphatic heterocycles. The molecule has 0 fully saturated rings. The van der Waals surface area contributed by atoms with Gasteiger partial charge in [-0.25, -0.2) is 0 Å². The minimum absolute atomic E-state index is 0.239. The predicted octanol–water partition coefficient (Wildman–Crippen LogP) is 1.13. The SMILES string of the molecule is CN(C)CCNc1cc2c3c(ccc4c3c1C(=O)N(CCN(C)C)C4=O)C(=O)N(CCN(C)C)C2=O. The summed E-state index contributed by atoms with van der Waals surface area (Å²) in [7, 11) is 11.4. The van der Waals surface area contributed by atoms with E-state index in [9.17, 15) is 19.2 Å². The molecule has 2 aliphatic rings. The van der Waals surface area contributed by atoms with Crippen LogP contribution in [0.3, 0.4) is 0 Å². The van der Waals surface area contributed by atoms with Crippen LogP contribution in [0.5, 0.6) is 0 Å². The van der Waals surface area contributed by atoms with Gasteiger partial charge in [-0.15, -0.1) is 0 Å². The second kappa shape index (κ2) is 9.96. The first-order chi connectivity index (χ1) is 17.0. The Morgan fingerprint density at radius 2 is 1.11 bits per heavy atom. The molecule has 192 valence electrons. The highest BCUT2D eigenvalue weighted by Crippen LogP contribution is 2.41. The molecule has 0 bridgehead atoms. The number of likely N-dealkylation sites (N-methyl/N-ethyl adjacent to an activating group) is 3. The summed E-state index contributed by atoms with van der Waals surface area (Å²) in [5, 5.41) is 4.11. The average Bonchev–Trinajstić information content (AvgIpc) is 2.80. The first-order valence-electron chi connectivity index (χ1n) is 12.1. The van der Waals surface area contributed by atoms with Crippen molar-refractivity contribution < 1.29 is 19.2 Å². The normalized spacial score (nSPS) is 15.4. The highest BCUT2D eigenvalue weighted by Gasteiger charge is 2.41. The molecule has 0 aromatic heterocycles. The van der Waals surface area contributed by atoms with Gasteiger partial charge in [0.15, 0.2) is 0 Å². The standard InChI is InChI=1S/C26H34N6O4/c1-28(2)10-9-27-19-15-18-20-16(23(33)31(25(18)35)13-11-29(3)4)7-8-17-21(20)22(19)26(36)32(24(17)34)14-12-30(5)6/h7-8,15,27H,9-14H2,1-6H3. The molecule has 0 aliphatic carbocycles. The van der Waals surface area contributed by atoms with Crippen molar-refractivity contribution in [3.63, 3.8) is 0 Å². The van der Waals surface area contributed by atoms with Crippen molar-refractivity contribution in [2.24, 2.45) is 0 Å². The molecule has 10 nitrogen and oxygen atoms in total. The van der Waals surface area contributed by atoms with E-state index in [1.807, 2.05) is 57.0 Å². The molecule has 2 aromatic carbocycles. The number of carbonyl (C=O) groups is 4. The number of carbonyl (C=O) groups excluding carboxylic acids is 4. The minimum Gasteiger partial charge on any atom is -0.383 e. The molecule has 0 saturated heterocycles. The average molecular weight is 495 g/mol. The van der Waals surface area contributed by atoms with Gasteiger partial charge in [-0.2, -0.15) is 0 Å². The van der Waals surface area contributed by atoms with Gasteiger partial charge in [-0.1, -0.05) is 0 Å². The fourth-order valence-corrected chi connectivity index (χ4v) is 4.63. The van der Waals surface area contributed by atoms with E-state index in [0.717, 1.165) is 0 Å². The topological polar surface area (TPSA) is 96.5 Å². The van der Waals surface area contributed by atoms with E-state index in [0.29, 0.717) is 64.9 Å². The fraction of sp³-hybridized carbons (Fsp3) is 0.462. The number of benzene rings is 2. The zero-order valence-electron chi connectivity index (χ0n) is 21.8. The van der Waals surface area contributed by atoms with Crippen LogP contribution in [0.4, 0.5) is 5.69 Å². The molecule has 2 heterocycles. The van der Waals surface area contributed by atoms with Gasteiger partial charge in [0.25, 0.3) is 23.6 Å². The molecule has 1 N–H and O–H groups in total. The quantitative estimate of drug-likeness (QED) is 0.491. The first kappa shape index (κ1) is 25.7. The summed E-state index contributed by atoms with van der Waals surface area (Å²) < 4.78 is 0. The Labute approximate surface area is 211 Å². The van der Waals surface area contributed by atoms with E-state index >= 15 is 0 Å². The number of hydrogen-bond acceptors (Lipinski definition) is 8. The summed E-state index contributed by atoms with van der Waals surface area (Å²) in [5.41, 5.74) is 1.84. The number of amides is 4. The molecule has 0 spiro atoms. The molecule has 4 rings (SSSR count). The van der Waals surface area contributed by atoms with Gasteiger partial charge in [0.1, 0.15) is 0 Å². The van der Waals surface area contributed by atoms with E-state index in [1.54, 1.807) is 18.2 Å². The Kier molecular flexibility index (Phi) is 7.12. The third kappa shape index (κ3) is 4.47. The largest absolute Gasteiger partial charge is 0.383 e. The maximum Gasteiger partial charge on any atom is 0.263 e. The van der Waals surface area contributed by atoms with Gasteiger partial charge in [0.05, 0.1) is 11.1 Å². The molecule has 36 heavy (non-hydrogen) atoms. The Morgan fingerprint density at radius 1 is 0.639 bits per heavy atom. The molecule has 2 aromatic rings. The van der Waals surface area contributed by atoms with Crippen molar-refractivity contribution >= 4 is 40.1 Å². The first-order valence-corrected chi connectivity index (χ1v) is 12.1. The maximum atomic E-state index is 13.7. The van der Waals surface area contributed by atoms with Crippen LogP contribution in [0.15, 0.2) is 18.2 Å². The van der Waals surface area contributed by atoms with Crippen LogP contribution in [0.2, 0.25) is 0 Å². The van der Waals surface area contributed by atoms with Crippen LogP contribution in [-0.4, -0.2) is 130 Å². The second-order valence-corrected chi connectivity index (χ2v) is 10.1. The summed E-state index contributed by atoms with van der Waals surface area (Å²) in [6.45, 7) is 2.78. The molecule has 0 radical (unpaired) electrons. The van der Waals surface area contributed by atoms with E-state index in [-0.39, 0.29) is 13.1 Å². The molecule has 4 amide bonds. The number of imide groups is 2. The predicted molar refractivity (Wildman–Crippen MR) is 139 cm³/mol. The molecular weight excluding hydrogens is 460 g/mol. The summed E-state index contributed by atoms with van der Waals surface area (Å²) >= 11 is 0. The van der Waals surface area contributed by atoms with Gasteiger partial charge in [0.2, 0.25) is 0 Å². The van der Waals surface area contributed by atoms with Gasteiger partial charge in [-0.3, -0.25) is 29.0 Å². The highest BCUT2D eigenvalue weighted by molar-refractivity contribution is 6.34. The number of nitrogens with one attached hydrogen (secondary N) is 1. The van der Waals surface area contributed by atoms with Crippen molar-refractivity contribution in [2.75, 3.05) is 86.9 Å². The lowest BCUT2D eigenvalue weighted by Crippen LogP contribution is -2.46. The highest BCUT2D eigenvalue weighted by atomic mass is 16.2. The molecular formula is C26H34N6O4. The van der Waals surface area contributed by atoms with Crippen LogP contribution in [0.1, 0.15) is 41.4 Å². The molecule has 0 saturated carbocycles. The third-order valence-corrected chi connectivity index (χ3v) is 6.58. The summed E-state index contributed by atoms with van der Waals surface area (Å²) in [5.74, 6) is -1.65. The number of hydrogen-bond donors (Lipinski definition) is 1. The molecule has 0 atom stereocenters. The summed E-state index contributed by atoms with van der Waals surface area (Å²) in [4.78, 5) is 62.4. The van der Waals surface area contributed by atoms with Gasteiger partial charge >= 0.3 is 0 Å². The lowest BCUT2D eigenvalue weighted by atomic mass is 9.84. The van der Waals surface area contributed by atoms with Crippen molar-refractivity contribution in [1.82, 2.24) is 24.5 Å². The van der Waals surface area contributed by atoms with Crippen LogP contribution in [0, 0.1) is 0 Å². The minimum atomic E-state index is -0.416. The maximum absolute atomic E-state index is 13.7. The number of nitrogens with zero attached hydrogens (tertiary/aromatic N) is 5. The van der Waals surface area contributed by atoms with E-state index in [2.05, 4.69) is 5.32 Å². The van der Waals surface area contributed by atoms with Gasteiger partial charge < -0.3 is 20.0 Å². The zero-order valence-corrected chi connectivity index (χ0v) is 21.8. The zero-order chi connectivity index (χ0) is 26.3.